The Hall–Kier alpha value is -1.43. The highest BCUT2D eigenvalue weighted by atomic mass is 16.5. The predicted octanol–water partition coefficient (Wildman–Crippen LogP) is 1.79. The van der Waals surface area contributed by atoms with Crippen LogP contribution in [0.1, 0.15) is 57.7 Å². The number of rotatable bonds is 6. The van der Waals surface area contributed by atoms with Crippen LogP contribution in [0.2, 0.25) is 0 Å². The molecule has 1 amide bonds. The zero-order valence-corrected chi connectivity index (χ0v) is 13.0. The largest absolute Gasteiger partial charge is 0.369 e. The van der Waals surface area contributed by atoms with Crippen molar-refractivity contribution in [1.82, 2.24) is 15.5 Å². The first-order valence-electron chi connectivity index (χ1n) is 7.90. The summed E-state index contributed by atoms with van der Waals surface area (Å²) in [4.78, 5) is 16.0. The van der Waals surface area contributed by atoms with Gasteiger partial charge >= 0.3 is 0 Å². The Morgan fingerprint density at radius 1 is 1.38 bits per heavy atom. The summed E-state index contributed by atoms with van der Waals surface area (Å²) in [7, 11) is 0. The minimum atomic E-state index is -0.208. The predicted molar refractivity (Wildman–Crippen MR) is 79.2 cm³/mol. The highest BCUT2D eigenvalue weighted by Gasteiger charge is 2.28. The normalized spacial score (nSPS) is 23.2. The molecule has 1 aromatic rings. The third kappa shape index (κ3) is 4.81. The molecule has 1 aliphatic carbocycles. The van der Waals surface area contributed by atoms with Crippen LogP contribution in [0, 0.1) is 11.8 Å². The molecule has 1 saturated carbocycles. The van der Waals surface area contributed by atoms with E-state index in [0.29, 0.717) is 18.4 Å². The number of nitrogens with one attached hydrogen (secondary N) is 1. The Morgan fingerprint density at radius 2 is 2.14 bits per heavy atom. The highest BCUT2D eigenvalue weighted by Crippen LogP contribution is 2.23. The Labute approximate surface area is 125 Å². The van der Waals surface area contributed by atoms with E-state index in [2.05, 4.69) is 29.3 Å². The number of primary amides is 1. The maximum absolute atomic E-state index is 11.6. The molecule has 6 nitrogen and oxygen atoms in total. The zero-order chi connectivity index (χ0) is 15.2. The third-order valence-electron chi connectivity index (χ3n) is 4.00. The molecule has 118 valence electrons. The van der Waals surface area contributed by atoms with Crippen LogP contribution in [-0.4, -0.2) is 22.1 Å². The van der Waals surface area contributed by atoms with E-state index >= 15 is 0 Å². The van der Waals surface area contributed by atoms with Gasteiger partial charge in [0.2, 0.25) is 11.8 Å². The van der Waals surface area contributed by atoms with Crippen LogP contribution in [-0.2, 0) is 17.8 Å². The molecule has 1 aromatic heterocycles. The monoisotopic (exact) mass is 294 g/mol. The van der Waals surface area contributed by atoms with E-state index in [4.69, 9.17) is 10.3 Å². The number of carbonyl (C=O) groups is 1. The zero-order valence-electron chi connectivity index (χ0n) is 13.0. The van der Waals surface area contributed by atoms with Crippen LogP contribution in [0.25, 0.3) is 0 Å². The van der Waals surface area contributed by atoms with Crippen LogP contribution in [0.15, 0.2) is 4.52 Å². The number of nitrogens with two attached hydrogens (primary N) is 1. The lowest BCUT2D eigenvalue weighted by molar-refractivity contribution is -0.122. The van der Waals surface area contributed by atoms with Gasteiger partial charge in [-0.15, -0.1) is 0 Å². The van der Waals surface area contributed by atoms with Crippen LogP contribution < -0.4 is 11.1 Å². The number of nitrogens with zero attached hydrogens (tertiary/aromatic N) is 2. The second-order valence-electron chi connectivity index (χ2n) is 6.34. The SMILES string of the molecule is CC(C)Cc1noc(CN[C@H]2CCCCC[C@@H]2C(N)=O)n1. The van der Waals surface area contributed by atoms with Gasteiger partial charge in [-0.3, -0.25) is 4.79 Å². The average molecular weight is 294 g/mol. The lowest BCUT2D eigenvalue weighted by atomic mass is 9.94. The lowest BCUT2D eigenvalue weighted by Gasteiger charge is -2.22. The van der Waals surface area contributed by atoms with Crippen LogP contribution in [0.3, 0.4) is 0 Å². The molecule has 0 bridgehead atoms. The van der Waals surface area contributed by atoms with Gasteiger partial charge in [0.05, 0.1) is 12.5 Å². The number of carbonyl (C=O) groups excluding carboxylic acids is 1. The van der Waals surface area contributed by atoms with Gasteiger partial charge in [-0.2, -0.15) is 4.98 Å². The van der Waals surface area contributed by atoms with Crippen molar-refractivity contribution >= 4 is 5.91 Å². The first kappa shape index (κ1) is 15.9. The average Bonchev–Trinajstić information content (AvgIpc) is 2.71. The lowest BCUT2D eigenvalue weighted by Crippen LogP contribution is -2.42. The first-order valence-corrected chi connectivity index (χ1v) is 7.90. The molecule has 3 N–H and O–H groups in total. The van der Waals surface area contributed by atoms with Gasteiger partial charge in [0.1, 0.15) is 0 Å². The molecule has 1 aliphatic rings. The molecule has 0 saturated heterocycles. The van der Waals surface area contributed by atoms with Crippen molar-refractivity contribution in [3.63, 3.8) is 0 Å². The van der Waals surface area contributed by atoms with Gasteiger partial charge in [0, 0.05) is 12.5 Å². The quantitative estimate of drug-likeness (QED) is 0.780. The second-order valence-corrected chi connectivity index (χ2v) is 6.34. The van der Waals surface area contributed by atoms with E-state index in [1.54, 1.807) is 0 Å². The number of aromatic nitrogens is 2. The van der Waals surface area contributed by atoms with E-state index in [-0.39, 0.29) is 17.9 Å². The minimum Gasteiger partial charge on any atom is -0.369 e. The fraction of sp³-hybridized carbons (Fsp3) is 0.800. The Balaban J connectivity index is 1.90. The molecule has 6 heteroatoms. The van der Waals surface area contributed by atoms with Crippen molar-refractivity contribution in [2.45, 2.75) is 65.0 Å². The van der Waals surface area contributed by atoms with Crippen molar-refractivity contribution in [2.24, 2.45) is 17.6 Å². The van der Waals surface area contributed by atoms with Gasteiger partial charge in [0.15, 0.2) is 5.82 Å². The van der Waals surface area contributed by atoms with Crippen LogP contribution in [0.5, 0.6) is 0 Å². The fourth-order valence-electron chi connectivity index (χ4n) is 2.92. The van der Waals surface area contributed by atoms with Crippen molar-refractivity contribution in [3.8, 4) is 0 Å². The smallest absolute Gasteiger partial charge is 0.240 e. The molecule has 21 heavy (non-hydrogen) atoms. The summed E-state index contributed by atoms with van der Waals surface area (Å²) in [5, 5.41) is 7.35. The van der Waals surface area contributed by atoms with Gasteiger partial charge in [0.25, 0.3) is 0 Å². The summed E-state index contributed by atoms with van der Waals surface area (Å²) in [6.07, 6.45) is 6.03. The second kappa shape index (κ2) is 7.54. The standard InChI is InChI=1S/C15H26N4O2/c1-10(2)8-13-18-14(21-19-13)9-17-12-7-5-3-4-6-11(12)15(16)20/h10-12,17H,3-9H2,1-2H3,(H2,16,20)/t11-,12-/m0/s1. The Morgan fingerprint density at radius 3 is 2.86 bits per heavy atom. The van der Waals surface area contributed by atoms with Gasteiger partial charge < -0.3 is 15.6 Å². The number of hydrogen-bond acceptors (Lipinski definition) is 5. The maximum atomic E-state index is 11.6. The van der Waals surface area contributed by atoms with Crippen molar-refractivity contribution in [3.05, 3.63) is 11.7 Å². The van der Waals surface area contributed by atoms with E-state index in [0.717, 1.165) is 37.9 Å². The van der Waals surface area contributed by atoms with Gasteiger partial charge in [-0.25, -0.2) is 0 Å². The molecule has 0 unspecified atom stereocenters. The summed E-state index contributed by atoms with van der Waals surface area (Å²) >= 11 is 0. The van der Waals surface area contributed by atoms with E-state index in [1.165, 1.54) is 6.42 Å². The Kier molecular flexibility index (Phi) is 5.73. The number of amides is 1. The van der Waals surface area contributed by atoms with Crippen molar-refractivity contribution < 1.29 is 9.32 Å². The summed E-state index contributed by atoms with van der Waals surface area (Å²) in [6, 6.07) is 0.116. The third-order valence-corrected chi connectivity index (χ3v) is 4.00. The first-order chi connectivity index (χ1) is 10.1. The van der Waals surface area contributed by atoms with Crippen molar-refractivity contribution in [2.75, 3.05) is 0 Å². The molecule has 1 heterocycles. The molecular formula is C15H26N4O2. The van der Waals surface area contributed by atoms with Crippen LogP contribution >= 0.6 is 0 Å². The molecular weight excluding hydrogens is 268 g/mol. The fourth-order valence-corrected chi connectivity index (χ4v) is 2.92. The molecule has 2 rings (SSSR count). The molecule has 1 fully saturated rings. The van der Waals surface area contributed by atoms with Gasteiger partial charge in [-0.05, 0) is 18.8 Å². The summed E-state index contributed by atoms with van der Waals surface area (Å²) in [5.41, 5.74) is 5.52. The molecule has 0 radical (unpaired) electrons. The van der Waals surface area contributed by atoms with Crippen molar-refractivity contribution in [1.29, 1.82) is 0 Å². The summed E-state index contributed by atoms with van der Waals surface area (Å²) < 4.78 is 5.24. The van der Waals surface area contributed by atoms with E-state index in [9.17, 15) is 4.79 Å². The molecule has 0 aliphatic heterocycles. The summed E-state index contributed by atoms with van der Waals surface area (Å²) in [5.74, 6) is 1.53. The highest BCUT2D eigenvalue weighted by molar-refractivity contribution is 5.77. The minimum absolute atomic E-state index is 0.0921. The van der Waals surface area contributed by atoms with Crippen LogP contribution in [0.4, 0.5) is 0 Å². The summed E-state index contributed by atoms with van der Waals surface area (Å²) in [6.45, 7) is 4.74. The molecule has 0 spiro atoms. The topological polar surface area (TPSA) is 94.0 Å². The molecule has 0 aromatic carbocycles. The molecule has 2 atom stereocenters. The Bertz CT molecular complexity index is 458. The van der Waals surface area contributed by atoms with E-state index < -0.39 is 0 Å². The number of hydrogen-bond donors (Lipinski definition) is 2. The van der Waals surface area contributed by atoms with Gasteiger partial charge in [-0.1, -0.05) is 38.3 Å². The maximum Gasteiger partial charge on any atom is 0.240 e. The van der Waals surface area contributed by atoms with E-state index in [1.807, 2.05) is 0 Å².